The summed E-state index contributed by atoms with van der Waals surface area (Å²) in [5.41, 5.74) is 1.19. The second kappa shape index (κ2) is 7.44. The lowest BCUT2D eigenvalue weighted by molar-refractivity contribution is 0.0519. The Balaban J connectivity index is 1.97. The minimum atomic E-state index is -0.530. The van der Waals surface area contributed by atoms with Gasteiger partial charge in [-0.15, -0.1) is 0 Å². The van der Waals surface area contributed by atoms with E-state index < -0.39 is 5.97 Å². The van der Waals surface area contributed by atoms with Crippen LogP contribution in [-0.2, 0) is 11.2 Å². The third kappa shape index (κ3) is 4.32. The van der Waals surface area contributed by atoms with Crippen LogP contribution in [0.1, 0.15) is 23.0 Å². The molecule has 1 heterocycles. The van der Waals surface area contributed by atoms with Gasteiger partial charge in [0, 0.05) is 0 Å². The molecule has 1 unspecified atom stereocenters. The fourth-order valence-corrected chi connectivity index (χ4v) is 1.87. The van der Waals surface area contributed by atoms with Gasteiger partial charge in [0.25, 0.3) is 6.01 Å². The lowest BCUT2D eigenvalue weighted by atomic mass is 10.1. The first-order chi connectivity index (χ1) is 10.2. The average Bonchev–Trinajstić information content (AvgIpc) is 2.96. The highest BCUT2D eigenvalue weighted by Crippen LogP contribution is 2.12. The average molecular weight is 290 g/mol. The number of aliphatic hydroxyl groups is 1. The van der Waals surface area contributed by atoms with E-state index in [1.165, 1.54) is 6.26 Å². The van der Waals surface area contributed by atoms with E-state index in [1.807, 2.05) is 30.3 Å². The fraction of sp³-hybridized carbons (Fsp3) is 0.333. The van der Waals surface area contributed by atoms with Crippen LogP contribution < -0.4 is 5.32 Å². The molecule has 1 aromatic heterocycles. The Labute approximate surface area is 122 Å². The minimum absolute atomic E-state index is 0.0774. The molecule has 0 radical (unpaired) electrons. The maximum atomic E-state index is 11.5. The number of ether oxygens (including phenoxy) is 1. The summed E-state index contributed by atoms with van der Waals surface area (Å²) in [5, 5.41) is 12.4. The van der Waals surface area contributed by atoms with Gasteiger partial charge in [-0.2, -0.15) is 4.98 Å². The number of hydrogen-bond acceptors (Lipinski definition) is 6. The van der Waals surface area contributed by atoms with Crippen molar-refractivity contribution >= 4 is 12.0 Å². The molecular formula is C15H18N2O4. The van der Waals surface area contributed by atoms with Gasteiger partial charge < -0.3 is 19.6 Å². The summed E-state index contributed by atoms with van der Waals surface area (Å²) in [5.74, 6) is -0.530. The highest BCUT2D eigenvalue weighted by molar-refractivity contribution is 5.87. The largest absolute Gasteiger partial charge is 0.461 e. The van der Waals surface area contributed by atoms with Gasteiger partial charge in [-0.25, -0.2) is 4.79 Å². The van der Waals surface area contributed by atoms with Crippen molar-refractivity contribution < 1.29 is 19.1 Å². The van der Waals surface area contributed by atoms with Gasteiger partial charge in [0.2, 0.25) is 0 Å². The van der Waals surface area contributed by atoms with E-state index in [0.717, 1.165) is 5.56 Å². The normalized spacial score (nSPS) is 11.9. The minimum Gasteiger partial charge on any atom is -0.461 e. The first-order valence-corrected chi connectivity index (χ1v) is 6.77. The Hall–Kier alpha value is -2.34. The van der Waals surface area contributed by atoms with Crippen LogP contribution in [0.4, 0.5) is 6.01 Å². The number of benzene rings is 1. The van der Waals surface area contributed by atoms with E-state index in [1.54, 1.807) is 6.92 Å². The standard InChI is InChI=1S/C15H18N2O4/c1-2-20-14(19)13-10-21-15(17-13)16-12(9-18)8-11-6-4-3-5-7-11/h3-7,10,12,18H,2,8-9H2,1H3,(H,16,17). The Bertz CT molecular complexity index is 568. The third-order valence-electron chi connectivity index (χ3n) is 2.86. The van der Waals surface area contributed by atoms with Gasteiger partial charge in [0.1, 0.15) is 6.26 Å². The zero-order valence-corrected chi connectivity index (χ0v) is 11.8. The number of oxazole rings is 1. The molecule has 0 saturated carbocycles. The summed E-state index contributed by atoms with van der Waals surface area (Å²) in [7, 11) is 0. The van der Waals surface area contributed by atoms with Crippen LogP contribution in [0.25, 0.3) is 0 Å². The molecule has 0 spiro atoms. The predicted octanol–water partition coefficient (Wildman–Crippen LogP) is 1.87. The first-order valence-electron chi connectivity index (χ1n) is 6.77. The topological polar surface area (TPSA) is 84.6 Å². The van der Waals surface area contributed by atoms with Gasteiger partial charge in [-0.05, 0) is 18.9 Å². The van der Waals surface area contributed by atoms with Gasteiger partial charge in [0.05, 0.1) is 19.3 Å². The van der Waals surface area contributed by atoms with Gasteiger partial charge in [0.15, 0.2) is 5.69 Å². The number of anilines is 1. The van der Waals surface area contributed by atoms with Gasteiger partial charge >= 0.3 is 5.97 Å². The first kappa shape index (κ1) is 15.1. The number of esters is 1. The van der Waals surface area contributed by atoms with Crippen LogP contribution in [0.3, 0.4) is 0 Å². The quantitative estimate of drug-likeness (QED) is 0.757. The van der Waals surface area contributed by atoms with E-state index in [9.17, 15) is 9.90 Å². The van der Waals surface area contributed by atoms with E-state index in [4.69, 9.17) is 9.15 Å². The summed E-state index contributed by atoms with van der Waals surface area (Å²) < 4.78 is 10.00. The number of carbonyl (C=O) groups is 1. The Morgan fingerprint density at radius 3 is 2.86 bits per heavy atom. The molecule has 0 aliphatic heterocycles. The summed E-state index contributed by atoms with van der Waals surface area (Å²) >= 11 is 0. The van der Waals surface area contributed by atoms with Crippen molar-refractivity contribution in [1.82, 2.24) is 4.98 Å². The monoisotopic (exact) mass is 290 g/mol. The zero-order valence-electron chi connectivity index (χ0n) is 11.8. The Morgan fingerprint density at radius 1 is 1.43 bits per heavy atom. The van der Waals surface area contributed by atoms with Crippen molar-refractivity contribution in [2.45, 2.75) is 19.4 Å². The lowest BCUT2D eigenvalue weighted by Gasteiger charge is -2.14. The second-order valence-corrected chi connectivity index (χ2v) is 4.47. The van der Waals surface area contributed by atoms with Crippen LogP contribution >= 0.6 is 0 Å². The summed E-state index contributed by atoms with van der Waals surface area (Å²) in [6.07, 6.45) is 1.85. The van der Waals surface area contributed by atoms with Gasteiger partial charge in [-0.1, -0.05) is 30.3 Å². The molecule has 0 bridgehead atoms. The molecule has 2 aromatic rings. The number of rotatable bonds is 7. The second-order valence-electron chi connectivity index (χ2n) is 4.47. The lowest BCUT2D eigenvalue weighted by Crippen LogP contribution is -2.26. The van der Waals surface area contributed by atoms with Crippen LogP contribution in [0.2, 0.25) is 0 Å². The highest BCUT2D eigenvalue weighted by Gasteiger charge is 2.16. The molecule has 112 valence electrons. The molecule has 2 N–H and O–H groups in total. The van der Waals surface area contributed by atoms with Crippen molar-refractivity contribution in [1.29, 1.82) is 0 Å². The van der Waals surface area contributed by atoms with E-state index in [0.29, 0.717) is 6.42 Å². The summed E-state index contributed by atoms with van der Waals surface area (Å²) in [6.45, 7) is 1.92. The molecule has 0 aliphatic rings. The van der Waals surface area contributed by atoms with Crippen molar-refractivity contribution in [3.05, 3.63) is 47.9 Å². The molecule has 2 rings (SSSR count). The maximum Gasteiger partial charge on any atom is 0.360 e. The number of aromatic nitrogens is 1. The molecule has 0 aliphatic carbocycles. The maximum absolute atomic E-state index is 11.5. The Morgan fingerprint density at radius 2 is 2.19 bits per heavy atom. The SMILES string of the molecule is CCOC(=O)c1coc(NC(CO)Cc2ccccc2)n1. The van der Waals surface area contributed by atoms with E-state index in [2.05, 4.69) is 10.3 Å². The number of aliphatic hydroxyl groups excluding tert-OH is 1. The molecule has 6 heteroatoms. The molecule has 21 heavy (non-hydrogen) atoms. The Kier molecular flexibility index (Phi) is 5.34. The number of hydrogen-bond donors (Lipinski definition) is 2. The predicted molar refractivity (Wildman–Crippen MR) is 77.1 cm³/mol. The van der Waals surface area contributed by atoms with E-state index in [-0.39, 0.29) is 31.0 Å². The van der Waals surface area contributed by atoms with Crippen LogP contribution in [0.15, 0.2) is 41.0 Å². The number of carbonyl (C=O) groups excluding carboxylic acids is 1. The van der Waals surface area contributed by atoms with Crippen molar-refractivity contribution in [2.75, 3.05) is 18.5 Å². The van der Waals surface area contributed by atoms with Crippen molar-refractivity contribution in [3.63, 3.8) is 0 Å². The molecule has 1 atom stereocenters. The molecule has 1 aromatic carbocycles. The van der Waals surface area contributed by atoms with Crippen LogP contribution in [-0.4, -0.2) is 35.3 Å². The van der Waals surface area contributed by atoms with E-state index >= 15 is 0 Å². The zero-order chi connectivity index (χ0) is 15.1. The number of nitrogens with zero attached hydrogens (tertiary/aromatic N) is 1. The van der Waals surface area contributed by atoms with Gasteiger partial charge in [-0.3, -0.25) is 0 Å². The third-order valence-corrected chi connectivity index (χ3v) is 2.86. The smallest absolute Gasteiger partial charge is 0.360 e. The molecule has 6 nitrogen and oxygen atoms in total. The molecular weight excluding hydrogens is 272 g/mol. The fourth-order valence-electron chi connectivity index (χ4n) is 1.87. The summed E-state index contributed by atoms with van der Waals surface area (Å²) in [4.78, 5) is 15.5. The molecule has 0 fully saturated rings. The number of nitrogens with one attached hydrogen (secondary N) is 1. The molecule has 0 amide bonds. The highest BCUT2D eigenvalue weighted by atomic mass is 16.5. The molecule has 0 saturated heterocycles. The summed E-state index contributed by atoms with van der Waals surface area (Å²) in [6, 6.07) is 9.70. The van der Waals surface area contributed by atoms with Crippen LogP contribution in [0.5, 0.6) is 0 Å². The van der Waals surface area contributed by atoms with Crippen LogP contribution in [0, 0.1) is 0 Å². The van der Waals surface area contributed by atoms with Crippen molar-refractivity contribution in [3.8, 4) is 0 Å². The van der Waals surface area contributed by atoms with Crippen molar-refractivity contribution in [2.24, 2.45) is 0 Å².